The molecule has 0 N–H and O–H groups in total. The molecule has 1 saturated heterocycles. The van der Waals surface area contributed by atoms with Crippen molar-refractivity contribution in [2.24, 2.45) is 0 Å². The number of halogens is 1. The Labute approximate surface area is 158 Å². The normalized spacial score (nSPS) is 14.0. The van der Waals surface area contributed by atoms with Gasteiger partial charge in [-0.05, 0) is 36.6 Å². The summed E-state index contributed by atoms with van der Waals surface area (Å²) in [4.78, 5) is 4.00. The van der Waals surface area contributed by atoms with Crippen LogP contribution >= 0.6 is 0 Å². The van der Waals surface area contributed by atoms with Crippen molar-refractivity contribution in [3.63, 3.8) is 0 Å². The summed E-state index contributed by atoms with van der Waals surface area (Å²) in [6.45, 7) is 6.48. The molecule has 1 aliphatic heterocycles. The van der Waals surface area contributed by atoms with Crippen LogP contribution in [0.4, 0.5) is 15.9 Å². The Bertz CT molecular complexity index is 919. The number of aromatic nitrogens is 2. The molecule has 1 aliphatic rings. The Morgan fingerprint density at radius 2 is 1.70 bits per heavy atom. The SMILES string of the molecule is CCc1nnc(N2CCN(c3ccc(C#N)cc3F)CC2)c(C#N)c1CC. The fourth-order valence-corrected chi connectivity index (χ4v) is 3.49. The highest BCUT2D eigenvalue weighted by molar-refractivity contribution is 5.60. The summed E-state index contributed by atoms with van der Waals surface area (Å²) in [5.74, 6) is 0.229. The van der Waals surface area contributed by atoms with Crippen molar-refractivity contribution in [1.82, 2.24) is 10.2 Å². The molecule has 2 aromatic rings. The number of hydrogen-bond acceptors (Lipinski definition) is 6. The number of nitriles is 2. The molecule has 1 aromatic heterocycles. The predicted octanol–water partition coefficient (Wildman–Crippen LogP) is 2.81. The van der Waals surface area contributed by atoms with Gasteiger partial charge in [-0.3, -0.25) is 0 Å². The molecule has 0 spiro atoms. The lowest BCUT2D eigenvalue weighted by Gasteiger charge is -2.37. The maximum Gasteiger partial charge on any atom is 0.169 e. The van der Waals surface area contributed by atoms with Gasteiger partial charge in [-0.25, -0.2) is 4.39 Å². The minimum Gasteiger partial charge on any atom is -0.366 e. The van der Waals surface area contributed by atoms with Crippen LogP contribution in [0.5, 0.6) is 0 Å². The molecule has 1 aromatic carbocycles. The van der Waals surface area contributed by atoms with Gasteiger partial charge in [-0.1, -0.05) is 13.8 Å². The highest BCUT2D eigenvalue weighted by Gasteiger charge is 2.24. The number of benzene rings is 1. The van der Waals surface area contributed by atoms with Crippen LogP contribution in [0.3, 0.4) is 0 Å². The number of anilines is 2. The highest BCUT2D eigenvalue weighted by Crippen LogP contribution is 2.26. The zero-order valence-corrected chi connectivity index (χ0v) is 15.5. The molecule has 0 saturated carbocycles. The second-order valence-electron chi connectivity index (χ2n) is 6.39. The minimum absolute atomic E-state index is 0.312. The molecular formula is C20H21FN6. The maximum atomic E-state index is 14.3. The number of hydrogen-bond donors (Lipinski definition) is 0. The van der Waals surface area contributed by atoms with Crippen LogP contribution in [0.2, 0.25) is 0 Å². The second kappa shape index (κ2) is 8.01. The fraction of sp³-hybridized carbons (Fsp3) is 0.400. The van der Waals surface area contributed by atoms with Crippen LogP contribution in [0, 0.1) is 28.5 Å². The Balaban J connectivity index is 1.81. The van der Waals surface area contributed by atoms with Gasteiger partial charge in [-0.15, -0.1) is 5.10 Å². The van der Waals surface area contributed by atoms with E-state index < -0.39 is 0 Å². The lowest BCUT2D eigenvalue weighted by molar-refractivity contribution is 0.594. The molecular weight excluding hydrogens is 343 g/mol. The van der Waals surface area contributed by atoms with Crippen LogP contribution in [0.15, 0.2) is 18.2 Å². The van der Waals surface area contributed by atoms with Crippen LogP contribution in [0.25, 0.3) is 0 Å². The first-order valence-corrected chi connectivity index (χ1v) is 9.10. The summed E-state index contributed by atoms with van der Waals surface area (Å²) in [7, 11) is 0. The van der Waals surface area contributed by atoms with Gasteiger partial charge in [-0.2, -0.15) is 15.6 Å². The van der Waals surface area contributed by atoms with Crippen molar-refractivity contribution in [3.05, 3.63) is 46.4 Å². The van der Waals surface area contributed by atoms with Crippen LogP contribution in [0.1, 0.15) is 36.2 Å². The molecule has 2 heterocycles. The molecule has 0 radical (unpaired) electrons. The van der Waals surface area contributed by atoms with E-state index >= 15 is 0 Å². The van der Waals surface area contributed by atoms with Gasteiger partial charge in [0.25, 0.3) is 0 Å². The van der Waals surface area contributed by atoms with Gasteiger partial charge in [0, 0.05) is 26.2 Å². The summed E-state index contributed by atoms with van der Waals surface area (Å²) >= 11 is 0. The number of piperazine rings is 1. The van der Waals surface area contributed by atoms with Gasteiger partial charge in [0.2, 0.25) is 0 Å². The number of rotatable bonds is 4. The molecule has 27 heavy (non-hydrogen) atoms. The first kappa shape index (κ1) is 18.6. The van der Waals surface area contributed by atoms with E-state index in [1.54, 1.807) is 12.1 Å². The smallest absolute Gasteiger partial charge is 0.169 e. The Hall–Kier alpha value is -3.19. The minimum atomic E-state index is -0.388. The van der Waals surface area contributed by atoms with Crippen LogP contribution in [-0.2, 0) is 12.8 Å². The van der Waals surface area contributed by atoms with E-state index in [0.29, 0.717) is 48.8 Å². The maximum absolute atomic E-state index is 14.3. The quantitative estimate of drug-likeness (QED) is 0.830. The predicted molar refractivity (Wildman–Crippen MR) is 101 cm³/mol. The summed E-state index contributed by atoms with van der Waals surface area (Å²) in [5, 5.41) is 27.2. The topological polar surface area (TPSA) is 79.8 Å². The van der Waals surface area contributed by atoms with E-state index in [-0.39, 0.29) is 5.82 Å². The third-order valence-electron chi connectivity index (χ3n) is 4.94. The van der Waals surface area contributed by atoms with Gasteiger partial charge < -0.3 is 9.80 Å². The van der Waals surface area contributed by atoms with Crippen LogP contribution in [-0.4, -0.2) is 36.4 Å². The second-order valence-corrected chi connectivity index (χ2v) is 6.39. The average Bonchev–Trinajstić information content (AvgIpc) is 2.72. The molecule has 0 amide bonds. The first-order valence-electron chi connectivity index (χ1n) is 9.10. The summed E-state index contributed by atoms with van der Waals surface area (Å²) in [6, 6.07) is 8.79. The number of nitrogens with zero attached hydrogens (tertiary/aromatic N) is 6. The largest absolute Gasteiger partial charge is 0.366 e. The van der Waals surface area contributed by atoms with Crippen molar-refractivity contribution >= 4 is 11.5 Å². The highest BCUT2D eigenvalue weighted by atomic mass is 19.1. The Morgan fingerprint density at radius 3 is 2.26 bits per heavy atom. The molecule has 1 fully saturated rings. The summed E-state index contributed by atoms with van der Waals surface area (Å²) in [5.41, 5.74) is 3.24. The fourth-order valence-electron chi connectivity index (χ4n) is 3.49. The Morgan fingerprint density at radius 1 is 1.00 bits per heavy atom. The number of aryl methyl sites for hydroxylation is 1. The molecule has 0 bridgehead atoms. The van der Waals surface area contributed by atoms with Crippen molar-refractivity contribution in [3.8, 4) is 12.1 Å². The molecule has 3 rings (SSSR count). The standard InChI is InChI=1S/C20H21FN6/c1-3-15-16(13-23)20(25-24-18(15)4-2)27-9-7-26(8-10-27)19-6-5-14(12-22)11-17(19)21/h5-6,11H,3-4,7-10H2,1-2H3. The van der Waals surface area contributed by atoms with Gasteiger partial charge in [0.15, 0.2) is 5.82 Å². The van der Waals surface area contributed by atoms with E-state index in [0.717, 1.165) is 24.1 Å². The van der Waals surface area contributed by atoms with Gasteiger partial charge in [0.1, 0.15) is 17.4 Å². The van der Waals surface area contributed by atoms with E-state index in [4.69, 9.17) is 5.26 Å². The zero-order valence-electron chi connectivity index (χ0n) is 15.5. The van der Waals surface area contributed by atoms with E-state index in [1.165, 1.54) is 6.07 Å². The summed E-state index contributed by atoms with van der Waals surface area (Å²) in [6.07, 6.45) is 1.49. The molecule has 0 atom stereocenters. The Kier molecular flexibility index (Phi) is 5.52. The molecule has 138 valence electrons. The molecule has 6 nitrogen and oxygen atoms in total. The van der Waals surface area contributed by atoms with Crippen molar-refractivity contribution in [1.29, 1.82) is 10.5 Å². The van der Waals surface area contributed by atoms with Gasteiger partial charge in [0.05, 0.1) is 23.0 Å². The van der Waals surface area contributed by atoms with E-state index in [1.807, 2.05) is 29.7 Å². The van der Waals surface area contributed by atoms with Crippen molar-refractivity contribution in [2.75, 3.05) is 36.0 Å². The lowest BCUT2D eigenvalue weighted by Crippen LogP contribution is -2.47. The van der Waals surface area contributed by atoms with Crippen LogP contribution < -0.4 is 9.80 Å². The lowest BCUT2D eigenvalue weighted by atomic mass is 10.0. The first-order chi connectivity index (χ1) is 13.1. The molecule has 0 unspecified atom stereocenters. The average molecular weight is 364 g/mol. The molecule has 0 aliphatic carbocycles. The zero-order chi connectivity index (χ0) is 19.4. The molecule has 7 heteroatoms. The third-order valence-corrected chi connectivity index (χ3v) is 4.94. The van der Waals surface area contributed by atoms with Crippen molar-refractivity contribution in [2.45, 2.75) is 26.7 Å². The van der Waals surface area contributed by atoms with E-state index in [2.05, 4.69) is 16.3 Å². The van der Waals surface area contributed by atoms with Gasteiger partial charge >= 0.3 is 0 Å². The third kappa shape index (κ3) is 3.54. The van der Waals surface area contributed by atoms with E-state index in [9.17, 15) is 9.65 Å². The monoisotopic (exact) mass is 364 g/mol. The van der Waals surface area contributed by atoms with Crippen molar-refractivity contribution < 1.29 is 4.39 Å². The summed E-state index contributed by atoms with van der Waals surface area (Å²) < 4.78 is 14.3.